The maximum atomic E-state index is 6.53. The number of hydrogen-bond donors (Lipinski definition) is 2. The van der Waals surface area contributed by atoms with Gasteiger partial charge >= 0.3 is 0 Å². The lowest BCUT2D eigenvalue weighted by Crippen LogP contribution is -2.44. The first-order valence-electron chi connectivity index (χ1n) is 8.45. The molecule has 1 fully saturated rings. The fraction of sp³-hybridized carbons (Fsp3) is 0.263. The molecule has 0 spiro atoms. The van der Waals surface area contributed by atoms with Crippen molar-refractivity contribution in [3.8, 4) is 11.1 Å². The van der Waals surface area contributed by atoms with Crippen LogP contribution in [-0.4, -0.2) is 36.1 Å². The van der Waals surface area contributed by atoms with Crippen LogP contribution in [0.15, 0.2) is 42.7 Å². The van der Waals surface area contributed by atoms with E-state index in [2.05, 4.69) is 33.4 Å². The summed E-state index contributed by atoms with van der Waals surface area (Å²) in [5.74, 6) is 0.871. The Labute approximate surface area is 151 Å². The SMILES string of the molecule is NCc1cncc(-c2ccc3nc(N4CCNCC4)c(Cl)cc3c2)c1. The number of nitrogens with one attached hydrogen (secondary N) is 1. The van der Waals surface area contributed by atoms with Gasteiger partial charge in [-0.05, 0) is 35.4 Å². The summed E-state index contributed by atoms with van der Waals surface area (Å²) < 4.78 is 0. The van der Waals surface area contributed by atoms with Crippen LogP contribution in [0.5, 0.6) is 0 Å². The molecule has 0 amide bonds. The van der Waals surface area contributed by atoms with E-state index in [1.807, 2.05) is 18.3 Å². The summed E-state index contributed by atoms with van der Waals surface area (Å²) in [6.07, 6.45) is 3.65. The molecule has 0 unspecified atom stereocenters. The van der Waals surface area contributed by atoms with Crippen molar-refractivity contribution >= 4 is 28.3 Å². The second-order valence-corrected chi connectivity index (χ2v) is 6.63. The monoisotopic (exact) mass is 353 g/mol. The summed E-state index contributed by atoms with van der Waals surface area (Å²) in [5.41, 5.74) is 9.82. The molecular formula is C19H20ClN5. The molecule has 2 aromatic heterocycles. The minimum absolute atomic E-state index is 0.482. The quantitative estimate of drug-likeness (QED) is 0.758. The lowest BCUT2D eigenvalue weighted by atomic mass is 10.0. The molecule has 1 aliphatic rings. The van der Waals surface area contributed by atoms with Crippen LogP contribution in [0.25, 0.3) is 22.0 Å². The Morgan fingerprint density at radius 2 is 1.92 bits per heavy atom. The average molecular weight is 354 g/mol. The number of nitrogens with two attached hydrogens (primary N) is 1. The van der Waals surface area contributed by atoms with Gasteiger partial charge in [0.05, 0.1) is 10.5 Å². The van der Waals surface area contributed by atoms with Gasteiger partial charge < -0.3 is 16.0 Å². The van der Waals surface area contributed by atoms with E-state index in [4.69, 9.17) is 22.3 Å². The van der Waals surface area contributed by atoms with Gasteiger partial charge in [0.25, 0.3) is 0 Å². The van der Waals surface area contributed by atoms with Crippen LogP contribution in [-0.2, 0) is 6.54 Å². The van der Waals surface area contributed by atoms with Crippen molar-refractivity contribution in [2.75, 3.05) is 31.1 Å². The first-order valence-corrected chi connectivity index (χ1v) is 8.83. The zero-order valence-electron chi connectivity index (χ0n) is 13.9. The standard InChI is InChI=1S/C19H20ClN5/c20-17-9-15-8-14(16-7-13(10-21)11-23-12-16)1-2-18(15)24-19(17)25-5-3-22-4-6-25/h1-2,7-9,11-12,22H,3-6,10,21H2. The Balaban J connectivity index is 1.73. The molecule has 25 heavy (non-hydrogen) atoms. The van der Waals surface area contributed by atoms with E-state index in [-0.39, 0.29) is 0 Å². The van der Waals surface area contributed by atoms with Gasteiger partial charge in [-0.2, -0.15) is 0 Å². The molecule has 1 aliphatic heterocycles. The fourth-order valence-electron chi connectivity index (χ4n) is 3.18. The number of rotatable bonds is 3. The van der Waals surface area contributed by atoms with E-state index in [0.717, 1.165) is 59.6 Å². The number of halogens is 1. The molecule has 1 saturated heterocycles. The molecule has 128 valence electrons. The Morgan fingerprint density at radius 3 is 2.72 bits per heavy atom. The molecule has 3 heterocycles. The van der Waals surface area contributed by atoms with Gasteiger partial charge in [0, 0.05) is 56.1 Å². The topological polar surface area (TPSA) is 67.1 Å². The number of hydrogen-bond acceptors (Lipinski definition) is 5. The van der Waals surface area contributed by atoms with E-state index < -0.39 is 0 Å². The van der Waals surface area contributed by atoms with E-state index in [1.165, 1.54) is 0 Å². The molecule has 3 N–H and O–H groups in total. The molecule has 0 aliphatic carbocycles. The molecule has 5 nitrogen and oxygen atoms in total. The van der Waals surface area contributed by atoms with Gasteiger partial charge in [-0.1, -0.05) is 17.7 Å². The molecule has 0 radical (unpaired) electrons. The minimum Gasteiger partial charge on any atom is -0.353 e. The second kappa shape index (κ2) is 6.96. The molecule has 3 aromatic rings. The van der Waals surface area contributed by atoms with Gasteiger partial charge in [0.15, 0.2) is 0 Å². The maximum Gasteiger partial charge on any atom is 0.148 e. The summed E-state index contributed by atoms with van der Waals surface area (Å²) in [6.45, 7) is 4.25. The van der Waals surface area contributed by atoms with Crippen LogP contribution >= 0.6 is 11.6 Å². The van der Waals surface area contributed by atoms with E-state index in [0.29, 0.717) is 11.6 Å². The summed E-state index contributed by atoms with van der Waals surface area (Å²) in [7, 11) is 0. The summed E-state index contributed by atoms with van der Waals surface area (Å²) in [4.78, 5) is 11.3. The van der Waals surface area contributed by atoms with Crippen LogP contribution in [0.4, 0.5) is 5.82 Å². The molecule has 0 saturated carbocycles. The number of benzene rings is 1. The molecular weight excluding hydrogens is 334 g/mol. The Hall–Kier alpha value is -2.21. The second-order valence-electron chi connectivity index (χ2n) is 6.22. The Bertz CT molecular complexity index is 905. The number of pyridine rings is 2. The van der Waals surface area contributed by atoms with E-state index in [1.54, 1.807) is 6.20 Å². The van der Waals surface area contributed by atoms with Crippen LogP contribution in [0, 0.1) is 0 Å². The third kappa shape index (κ3) is 3.31. The number of aromatic nitrogens is 2. The highest BCUT2D eigenvalue weighted by Gasteiger charge is 2.16. The first kappa shape index (κ1) is 16.3. The Kier molecular flexibility index (Phi) is 4.53. The predicted molar refractivity (Wildman–Crippen MR) is 103 cm³/mol. The third-order valence-corrected chi connectivity index (χ3v) is 4.81. The van der Waals surface area contributed by atoms with Crippen LogP contribution in [0.1, 0.15) is 5.56 Å². The van der Waals surface area contributed by atoms with Crippen LogP contribution in [0.2, 0.25) is 5.02 Å². The molecule has 1 aromatic carbocycles. The van der Waals surface area contributed by atoms with E-state index >= 15 is 0 Å². The zero-order valence-corrected chi connectivity index (χ0v) is 14.6. The number of anilines is 1. The predicted octanol–water partition coefficient (Wildman–Crippen LogP) is 2.82. The van der Waals surface area contributed by atoms with Crippen molar-refractivity contribution in [1.82, 2.24) is 15.3 Å². The highest BCUT2D eigenvalue weighted by atomic mass is 35.5. The van der Waals surface area contributed by atoms with Crippen molar-refractivity contribution in [3.05, 3.63) is 53.3 Å². The first-order chi connectivity index (χ1) is 12.2. The highest BCUT2D eigenvalue weighted by Crippen LogP contribution is 2.30. The fourth-order valence-corrected chi connectivity index (χ4v) is 3.45. The van der Waals surface area contributed by atoms with Crippen molar-refractivity contribution in [3.63, 3.8) is 0 Å². The normalized spacial score (nSPS) is 14.9. The Morgan fingerprint density at radius 1 is 1.08 bits per heavy atom. The summed E-state index contributed by atoms with van der Waals surface area (Å²) >= 11 is 6.53. The molecule has 4 rings (SSSR count). The van der Waals surface area contributed by atoms with Crippen molar-refractivity contribution in [1.29, 1.82) is 0 Å². The van der Waals surface area contributed by atoms with Gasteiger partial charge in [0.1, 0.15) is 5.82 Å². The number of nitrogens with zero attached hydrogens (tertiary/aromatic N) is 3. The average Bonchev–Trinajstić information content (AvgIpc) is 2.67. The lowest BCUT2D eigenvalue weighted by Gasteiger charge is -2.29. The molecule has 0 atom stereocenters. The van der Waals surface area contributed by atoms with Gasteiger partial charge in [0.2, 0.25) is 0 Å². The highest BCUT2D eigenvalue weighted by molar-refractivity contribution is 6.33. The van der Waals surface area contributed by atoms with Crippen LogP contribution in [0.3, 0.4) is 0 Å². The molecule has 0 bridgehead atoms. The molecule has 6 heteroatoms. The summed E-state index contributed by atoms with van der Waals surface area (Å²) in [6, 6.07) is 10.3. The van der Waals surface area contributed by atoms with Crippen LogP contribution < -0.4 is 16.0 Å². The minimum atomic E-state index is 0.482. The number of fused-ring (bicyclic) bond motifs is 1. The van der Waals surface area contributed by atoms with Gasteiger partial charge in [-0.15, -0.1) is 0 Å². The van der Waals surface area contributed by atoms with E-state index in [9.17, 15) is 0 Å². The summed E-state index contributed by atoms with van der Waals surface area (Å²) in [5, 5.41) is 5.07. The third-order valence-electron chi connectivity index (χ3n) is 4.53. The largest absolute Gasteiger partial charge is 0.353 e. The van der Waals surface area contributed by atoms with Crippen molar-refractivity contribution < 1.29 is 0 Å². The van der Waals surface area contributed by atoms with Crippen molar-refractivity contribution in [2.24, 2.45) is 5.73 Å². The van der Waals surface area contributed by atoms with Crippen molar-refractivity contribution in [2.45, 2.75) is 6.54 Å². The van der Waals surface area contributed by atoms with Gasteiger partial charge in [-0.25, -0.2) is 4.98 Å². The zero-order chi connectivity index (χ0) is 17.2. The number of piperazine rings is 1. The lowest BCUT2D eigenvalue weighted by molar-refractivity contribution is 0.585. The van der Waals surface area contributed by atoms with Gasteiger partial charge in [-0.3, -0.25) is 4.98 Å². The maximum absolute atomic E-state index is 6.53. The smallest absolute Gasteiger partial charge is 0.148 e.